The van der Waals surface area contributed by atoms with Gasteiger partial charge in [-0.3, -0.25) is 20.0 Å². The van der Waals surface area contributed by atoms with Crippen LogP contribution in [0.4, 0.5) is 0 Å². The molecule has 2 amide bonds. The first-order valence-corrected chi connectivity index (χ1v) is 12.1. The van der Waals surface area contributed by atoms with E-state index in [0.717, 1.165) is 5.56 Å². The molecule has 0 radical (unpaired) electrons. The summed E-state index contributed by atoms with van der Waals surface area (Å²) in [7, 11) is -0.213. The van der Waals surface area contributed by atoms with Gasteiger partial charge in [-0.05, 0) is 53.9 Å². The van der Waals surface area contributed by atoms with Crippen molar-refractivity contribution in [1.82, 2.24) is 20.6 Å². The van der Waals surface area contributed by atoms with Crippen molar-refractivity contribution in [1.29, 1.82) is 0 Å². The van der Waals surface area contributed by atoms with E-state index in [9.17, 15) is 18.0 Å². The van der Waals surface area contributed by atoms with E-state index in [1.807, 2.05) is 5.92 Å². The van der Waals surface area contributed by atoms with Gasteiger partial charge in [0, 0.05) is 23.9 Å². The Balaban J connectivity index is 1.86. The molecule has 0 aliphatic heterocycles. The van der Waals surface area contributed by atoms with E-state index in [-0.39, 0.29) is 28.5 Å². The highest BCUT2D eigenvalue weighted by molar-refractivity contribution is 7.89. The number of methoxy groups -OCH3 is 3. The number of benzene rings is 2. The highest BCUT2D eigenvalue weighted by atomic mass is 32.2. The maximum absolute atomic E-state index is 12.9. The zero-order valence-electron chi connectivity index (χ0n) is 20.2. The Kier molecular flexibility index (Phi) is 8.68. The van der Waals surface area contributed by atoms with Crippen molar-refractivity contribution in [3.05, 3.63) is 65.9 Å². The molecule has 37 heavy (non-hydrogen) atoms. The molecule has 11 nitrogen and oxygen atoms in total. The van der Waals surface area contributed by atoms with Crippen LogP contribution in [0, 0.1) is 12.3 Å². The number of rotatable bonds is 10. The average molecular weight is 525 g/mol. The number of hydrogen-bond acceptors (Lipinski definition) is 8. The number of ether oxygens (including phenoxy) is 3. The molecule has 0 aliphatic rings. The Hall–Kier alpha value is -4.60. The quantitative estimate of drug-likeness (QED) is 0.268. The Morgan fingerprint density at radius 2 is 1.70 bits per heavy atom. The van der Waals surface area contributed by atoms with Gasteiger partial charge in [-0.1, -0.05) is 6.07 Å². The molecule has 0 bridgehead atoms. The monoisotopic (exact) mass is 524 g/mol. The molecule has 2 aromatic carbocycles. The van der Waals surface area contributed by atoms with Crippen LogP contribution in [0.1, 0.15) is 15.9 Å². The maximum atomic E-state index is 12.9. The summed E-state index contributed by atoms with van der Waals surface area (Å²) in [5.74, 6) is 1.08. The van der Waals surface area contributed by atoms with E-state index >= 15 is 0 Å². The summed E-state index contributed by atoms with van der Waals surface area (Å²) in [6.07, 6.45) is 6.61. The van der Waals surface area contributed by atoms with E-state index in [2.05, 4.69) is 20.6 Å². The van der Waals surface area contributed by atoms with Crippen LogP contribution in [0.3, 0.4) is 0 Å². The zero-order valence-corrected chi connectivity index (χ0v) is 21.0. The number of carbonyl (C=O) groups excluding carboxylic acids is 2. The van der Waals surface area contributed by atoms with Crippen LogP contribution in [0.15, 0.2) is 59.6 Å². The van der Waals surface area contributed by atoms with Crippen LogP contribution >= 0.6 is 0 Å². The number of aromatic nitrogens is 1. The number of amides is 2. The Labute approximate surface area is 214 Å². The largest absolute Gasteiger partial charge is 0.497 e. The number of nitrogens with one attached hydrogen (secondary N) is 3. The van der Waals surface area contributed by atoms with Crippen molar-refractivity contribution in [2.24, 2.45) is 0 Å². The normalized spacial score (nSPS) is 10.6. The second-order valence-electron chi connectivity index (χ2n) is 7.38. The molecular weight excluding hydrogens is 500 g/mol. The van der Waals surface area contributed by atoms with Crippen molar-refractivity contribution < 1.29 is 32.2 Å². The van der Waals surface area contributed by atoms with Gasteiger partial charge in [0.25, 0.3) is 21.8 Å². The smallest absolute Gasteiger partial charge is 0.295 e. The summed E-state index contributed by atoms with van der Waals surface area (Å²) in [6.45, 7) is 0.185. The fraction of sp³-hybridized carbons (Fsp3) is 0.160. The van der Waals surface area contributed by atoms with Gasteiger partial charge in [-0.25, -0.2) is 8.42 Å². The first-order valence-electron chi connectivity index (χ1n) is 10.6. The Morgan fingerprint density at radius 3 is 2.32 bits per heavy atom. The van der Waals surface area contributed by atoms with Crippen LogP contribution in [0.2, 0.25) is 0 Å². The minimum atomic E-state index is -4.27. The number of nitrogens with zero attached hydrogens (tertiary/aromatic N) is 1. The van der Waals surface area contributed by atoms with Crippen LogP contribution in [-0.2, 0) is 21.4 Å². The van der Waals surface area contributed by atoms with Gasteiger partial charge >= 0.3 is 0 Å². The summed E-state index contributed by atoms with van der Waals surface area (Å²) >= 11 is 0. The number of sulfonamides is 1. The van der Waals surface area contributed by atoms with Gasteiger partial charge in [-0.2, -0.15) is 0 Å². The molecule has 0 unspecified atom stereocenters. The van der Waals surface area contributed by atoms with E-state index in [1.54, 1.807) is 30.5 Å². The molecule has 0 aliphatic carbocycles. The van der Waals surface area contributed by atoms with Crippen molar-refractivity contribution in [2.45, 2.75) is 11.4 Å². The number of carbonyl (C=O) groups is 2. The summed E-state index contributed by atoms with van der Waals surface area (Å²) in [4.78, 5) is 30.4. The van der Waals surface area contributed by atoms with E-state index < -0.39 is 21.8 Å². The van der Waals surface area contributed by atoms with Crippen LogP contribution < -0.4 is 29.8 Å². The molecule has 3 aromatic rings. The molecule has 192 valence electrons. The van der Waals surface area contributed by atoms with Gasteiger partial charge in [-0.15, -0.1) is 11.3 Å². The number of hydrazine groups is 1. The van der Waals surface area contributed by atoms with Crippen molar-refractivity contribution in [3.8, 4) is 40.8 Å². The number of terminal acetylenes is 1. The Morgan fingerprint density at radius 1 is 1.00 bits per heavy atom. The number of hydrogen-bond donors (Lipinski definition) is 3. The van der Waals surface area contributed by atoms with Gasteiger partial charge < -0.3 is 19.5 Å². The fourth-order valence-electron chi connectivity index (χ4n) is 3.29. The molecular formula is C25H24N4O7S. The van der Waals surface area contributed by atoms with Crippen molar-refractivity contribution in [2.75, 3.05) is 21.3 Å². The Bertz CT molecular complexity index is 1440. The molecule has 12 heteroatoms. The second kappa shape index (κ2) is 11.9. The topological polar surface area (TPSA) is 145 Å². The third kappa shape index (κ3) is 6.54. The average Bonchev–Trinajstić information content (AvgIpc) is 2.93. The molecule has 0 atom stereocenters. The third-order valence-corrected chi connectivity index (χ3v) is 6.37. The lowest BCUT2D eigenvalue weighted by atomic mass is 10.0. The summed E-state index contributed by atoms with van der Waals surface area (Å²) < 4.78 is 41.5. The summed E-state index contributed by atoms with van der Waals surface area (Å²) in [5, 5.41) is 2.57. The SMILES string of the molecule is C#CC(=O)NCc1ccnc(-c2cc(OC)cc(C(=O)NNS(=O)(=O)c3c(OC)cccc3OC)c2)c1. The third-order valence-electron chi connectivity index (χ3n) is 5.06. The molecule has 0 spiro atoms. The first kappa shape index (κ1) is 27.0. The van der Waals surface area contributed by atoms with Gasteiger partial charge in [0.15, 0.2) is 4.90 Å². The highest BCUT2D eigenvalue weighted by Gasteiger charge is 2.25. The first-order chi connectivity index (χ1) is 17.7. The fourth-order valence-corrected chi connectivity index (χ4v) is 4.45. The van der Waals surface area contributed by atoms with E-state index in [0.29, 0.717) is 17.0 Å². The molecule has 1 heterocycles. The molecule has 0 fully saturated rings. The lowest BCUT2D eigenvalue weighted by molar-refractivity contribution is -0.115. The summed E-state index contributed by atoms with van der Waals surface area (Å²) in [5.41, 5.74) is 4.01. The van der Waals surface area contributed by atoms with Gasteiger partial charge in [0.1, 0.15) is 17.2 Å². The standard InChI is InChI=1S/C25H24N4O7S/c1-5-23(30)27-15-16-9-10-26-20(11-16)17-12-18(14-19(13-17)34-2)25(31)28-29-37(32,33)24-21(35-3)7-6-8-22(24)36-4/h1,6-14,29H,15H2,2-4H3,(H,27,30)(H,28,31). The van der Waals surface area contributed by atoms with Gasteiger partial charge in [0.05, 0.1) is 27.0 Å². The van der Waals surface area contributed by atoms with E-state index in [4.69, 9.17) is 20.6 Å². The molecule has 3 rings (SSSR count). The molecule has 0 saturated heterocycles. The van der Waals surface area contributed by atoms with Crippen LogP contribution in [-0.4, -0.2) is 46.5 Å². The second-order valence-corrected chi connectivity index (χ2v) is 9.00. The van der Waals surface area contributed by atoms with E-state index in [1.165, 1.54) is 45.6 Å². The highest BCUT2D eigenvalue weighted by Crippen LogP contribution is 2.32. The molecule has 0 saturated carbocycles. The number of pyridine rings is 1. The van der Waals surface area contributed by atoms with Crippen LogP contribution in [0.5, 0.6) is 17.2 Å². The summed E-state index contributed by atoms with van der Waals surface area (Å²) in [6, 6.07) is 12.5. The molecule has 3 N–H and O–H groups in total. The molecule has 1 aromatic heterocycles. The van der Waals surface area contributed by atoms with Crippen molar-refractivity contribution in [3.63, 3.8) is 0 Å². The maximum Gasteiger partial charge on any atom is 0.295 e. The predicted molar refractivity (Wildman–Crippen MR) is 134 cm³/mol. The van der Waals surface area contributed by atoms with Crippen molar-refractivity contribution >= 4 is 21.8 Å². The predicted octanol–water partition coefficient (Wildman–Crippen LogP) is 1.65. The zero-order chi connectivity index (χ0) is 27.0. The minimum Gasteiger partial charge on any atom is -0.497 e. The minimum absolute atomic E-state index is 0.0363. The lowest BCUT2D eigenvalue weighted by Crippen LogP contribution is -2.41. The van der Waals surface area contributed by atoms with Crippen LogP contribution in [0.25, 0.3) is 11.3 Å². The lowest BCUT2D eigenvalue weighted by Gasteiger charge is -2.15. The van der Waals surface area contributed by atoms with Gasteiger partial charge in [0.2, 0.25) is 0 Å².